The van der Waals surface area contributed by atoms with Crippen LogP contribution in [0.1, 0.15) is 45.0 Å². The van der Waals surface area contributed by atoms with Gasteiger partial charge >= 0.3 is 6.03 Å². The van der Waals surface area contributed by atoms with Gasteiger partial charge in [-0.3, -0.25) is 4.79 Å². The van der Waals surface area contributed by atoms with Crippen molar-refractivity contribution in [3.05, 3.63) is 29.8 Å². The van der Waals surface area contributed by atoms with Crippen LogP contribution in [-0.2, 0) is 9.84 Å². The Hall–Kier alpha value is -2.09. The van der Waals surface area contributed by atoms with Crippen molar-refractivity contribution in [1.82, 2.24) is 10.2 Å². The molecule has 0 bridgehead atoms. The standard InChI is InChI=1S/C18H27N3O4S/c1-17(2,3)20-15(22)13-7-6-8-14(11-13)19-16(23)21-9-10-26(24,25)18(4,5)12-21/h6-8,11H,9-10,12H2,1-5H3,(H,19,23)(H,20,22). The molecule has 26 heavy (non-hydrogen) atoms. The van der Waals surface area contributed by atoms with Crippen LogP contribution < -0.4 is 10.6 Å². The molecule has 0 aliphatic carbocycles. The van der Waals surface area contributed by atoms with E-state index in [4.69, 9.17) is 0 Å². The van der Waals surface area contributed by atoms with Crippen LogP contribution in [0.25, 0.3) is 0 Å². The van der Waals surface area contributed by atoms with E-state index in [1.165, 1.54) is 4.90 Å². The van der Waals surface area contributed by atoms with E-state index >= 15 is 0 Å². The molecule has 0 radical (unpaired) electrons. The van der Waals surface area contributed by atoms with Crippen molar-refractivity contribution in [3.63, 3.8) is 0 Å². The van der Waals surface area contributed by atoms with Crippen LogP contribution >= 0.6 is 0 Å². The zero-order valence-corrected chi connectivity index (χ0v) is 16.7. The maximum absolute atomic E-state index is 12.5. The quantitative estimate of drug-likeness (QED) is 0.821. The van der Waals surface area contributed by atoms with Crippen LogP contribution in [0.5, 0.6) is 0 Å². The summed E-state index contributed by atoms with van der Waals surface area (Å²) >= 11 is 0. The predicted molar refractivity (Wildman–Crippen MR) is 102 cm³/mol. The maximum Gasteiger partial charge on any atom is 0.321 e. The van der Waals surface area contributed by atoms with Gasteiger partial charge in [0.15, 0.2) is 9.84 Å². The molecule has 0 saturated carbocycles. The fourth-order valence-electron chi connectivity index (χ4n) is 2.67. The largest absolute Gasteiger partial charge is 0.347 e. The van der Waals surface area contributed by atoms with E-state index in [1.54, 1.807) is 38.1 Å². The normalized spacial score (nSPS) is 18.9. The van der Waals surface area contributed by atoms with E-state index in [0.29, 0.717) is 11.3 Å². The smallest absolute Gasteiger partial charge is 0.321 e. The highest BCUT2D eigenvalue weighted by molar-refractivity contribution is 7.92. The number of hydrogen-bond acceptors (Lipinski definition) is 4. The van der Waals surface area contributed by atoms with Gasteiger partial charge in [0.2, 0.25) is 0 Å². The molecule has 8 heteroatoms. The molecule has 0 aromatic heterocycles. The predicted octanol–water partition coefficient (Wildman–Crippen LogP) is 2.26. The third kappa shape index (κ3) is 4.75. The number of sulfone groups is 1. The zero-order valence-electron chi connectivity index (χ0n) is 15.9. The maximum atomic E-state index is 12.5. The second kappa shape index (κ2) is 6.90. The number of nitrogens with one attached hydrogen (secondary N) is 2. The molecule has 3 amide bonds. The number of benzene rings is 1. The summed E-state index contributed by atoms with van der Waals surface area (Å²) in [5, 5.41) is 5.62. The molecular formula is C18H27N3O4S. The average Bonchev–Trinajstić information content (AvgIpc) is 2.48. The topological polar surface area (TPSA) is 95.6 Å². The minimum atomic E-state index is -3.21. The van der Waals surface area contributed by atoms with Gasteiger partial charge < -0.3 is 15.5 Å². The van der Waals surface area contributed by atoms with Crippen molar-refractivity contribution >= 4 is 27.5 Å². The van der Waals surface area contributed by atoms with E-state index in [1.807, 2.05) is 20.8 Å². The van der Waals surface area contributed by atoms with Gasteiger partial charge in [-0.2, -0.15) is 0 Å². The number of rotatable bonds is 2. The first-order valence-electron chi connectivity index (χ1n) is 8.52. The highest BCUT2D eigenvalue weighted by atomic mass is 32.2. The molecule has 1 aliphatic heterocycles. The van der Waals surface area contributed by atoms with Crippen molar-refractivity contribution in [2.45, 2.75) is 44.9 Å². The van der Waals surface area contributed by atoms with E-state index < -0.39 is 14.6 Å². The first-order chi connectivity index (χ1) is 11.8. The number of anilines is 1. The van der Waals surface area contributed by atoms with Crippen LogP contribution in [0.2, 0.25) is 0 Å². The Balaban J connectivity index is 2.08. The highest BCUT2D eigenvalue weighted by Crippen LogP contribution is 2.24. The van der Waals surface area contributed by atoms with Crippen molar-refractivity contribution in [2.75, 3.05) is 24.2 Å². The molecule has 1 fully saturated rings. The molecule has 7 nitrogen and oxygen atoms in total. The monoisotopic (exact) mass is 381 g/mol. The van der Waals surface area contributed by atoms with E-state index in [9.17, 15) is 18.0 Å². The Morgan fingerprint density at radius 3 is 2.42 bits per heavy atom. The third-order valence-electron chi connectivity index (χ3n) is 4.20. The fraction of sp³-hybridized carbons (Fsp3) is 0.556. The summed E-state index contributed by atoms with van der Waals surface area (Å²) in [7, 11) is -3.21. The fourth-order valence-corrected chi connectivity index (χ4v) is 4.04. The number of urea groups is 1. The Labute approximate surface area is 155 Å². The Morgan fingerprint density at radius 2 is 1.85 bits per heavy atom. The lowest BCUT2D eigenvalue weighted by atomic mass is 10.1. The highest BCUT2D eigenvalue weighted by Gasteiger charge is 2.41. The summed E-state index contributed by atoms with van der Waals surface area (Å²) in [5.74, 6) is -0.277. The lowest BCUT2D eigenvalue weighted by Crippen LogP contribution is -2.55. The first-order valence-corrected chi connectivity index (χ1v) is 10.2. The van der Waals surface area contributed by atoms with Crippen LogP contribution in [0, 0.1) is 0 Å². The summed E-state index contributed by atoms with van der Waals surface area (Å²) in [4.78, 5) is 26.2. The van der Waals surface area contributed by atoms with Crippen LogP contribution in [0.4, 0.5) is 10.5 Å². The van der Waals surface area contributed by atoms with Gasteiger partial charge in [-0.25, -0.2) is 13.2 Å². The molecule has 144 valence electrons. The van der Waals surface area contributed by atoms with Gasteiger partial charge in [0.1, 0.15) is 0 Å². The number of nitrogens with zero attached hydrogens (tertiary/aromatic N) is 1. The van der Waals surface area contributed by atoms with Gasteiger partial charge in [0.25, 0.3) is 5.91 Å². The van der Waals surface area contributed by atoms with Crippen molar-refractivity contribution in [2.24, 2.45) is 0 Å². The van der Waals surface area contributed by atoms with E-state index in [0.717, 1.165) is 0 Å². The lowest BCUT2D eigenvalue weighted by molar-refractivity contribution is 0.0919. The first kappa shape index (κ1) is 20.2. The molecule has 0 spiro atoms. The third-order valence-corrected chi connectivity index (χ3v) is 6.73. The molecule has 0 atom stereocenters. The van der Waals surface area contributed by atoms with Gasteiger partial charge in [-0.15, -0.1) is 0 Å². The summed E-state index contributed by atoms with van der Waals surface area (Å²) in [6, 6.07) is 6.29. The Bertz CT molecular complexity index is 810. The van der Waals surface area contributed by atoms with Gasteiger partial charge in [-0.05, 0) is 52.8 Å². The second-order valence-corrected chi connectivity index (χ2v) is 11.0. The second-order valence-electron chi connectivity index (χ2n) is 8.22. The van der Waals surface area contributed by atoms with E-state index in [-0.39, 0.29) is 36.3 Å². The number of amides is 3. The molecule has 1 aromatic rings. The Kier molecular flexibility index (Phi) is 5.37. The van der Waals surface area contributed by atoms with Gasteiger partial charge in [0.05, 0.1) is 10.5 Å². The van der Waals surface area contributed by atoms with Gasteiger partial charge in [0, 0.05) is 29.9 Å². The molecule has 1 heterocycles. The number of carbonyl (C=O) groups is 2. The van der Waals surface area contributed by atoms with Gasteiger partial charge in [-0.1, -0.05) is 6.07 Å². The molecule has 1 aliphatic rings. The van der Waals surface area contributed by atoms with Crippen LogP contribution in [0.15, 0.2) is 24.3 Å². The summed E-state index contributed by atoms with van der Waals surface area (Å²) in [6.45, 7) is 9.21. The van der Waals surface area contributed by atoms with E-state index in [2.05, 4.69) is 10.6 Å². The summed E-state index contributed by atoms with van der Waals surface area (Å²) in [5.41, 5.74) is 0.573. The molecule has 2 rings (SSSR count). The molecule has 2 N–H and O–H groups in total. The van der Waals surface area contributed by atoms with Crippen LogP contribution in [-0.4, -0.2) is 54.4 Å². The number of carbonyl (C=O) groups excluding carboxylic acids is 2. The minimum Gasteiger partial charge on any atom is -0.347 e. The van der Waals surface area contributed by atoms with Crippen LogP contribution in [0.3, 0.4) is 0 Å². The Morgan fingerprint density at radius 1 is 1.19 bits per heavy atom. The minimum absolute atomic E-state index is 0.0541. The molecule has 1 aromatic carbocycles. The zero-order chi connectivity index (χ0) is 19.8. The number of hydrogen-bond donors (Lipinski definition) is 2. The molecular weight excluding hydrogens is 354 g/mol. The van der Waals surface area contributed by atoms with Crippen molar-refractivity contribution in [1.29, 1.82) is 0 Å². The summed E-state index contributed by atoms with van der Waals surface area (Å²) < 4.78 is 23.1. The summed E-state index contributed by atoms with van der Waals surface area (Å²) in [6.07, 6.45) is 0. The average molecular weight is 381 g/mol. The molecule has 0 unspecified atom stereocenters. The lowest BCUT2D eigenvalue weighted by Gasteiger charge is -2.37. The van der Waals surface area contributed by atoms with Crippen molar-refractivity contribution in [3.8, 4) is 0 Å². The SMILES string of the molecule is CC(C)(C)NC(=O)c1cccc(NC(=O)N2CCS(=O)(=O)C(C)(C)C2)c1. The molecule has 1 saturated heterocycles. The van der Waals surface area contributed by atoms with Crippen molar-refractivity contribution < 1.29 is 18.0 Å².